The summed E-state index contributed by atoms with van der Waals surface area (Å²) in [4.78, 5) is 0. The van der Waals surface area contributed by atoms with E-state index in [0.29, 0.717) is 5.88 Å². The number of nitrogens with one attached hydrogen (secondary N) is 1. The molecule has 0 radical (unpaired) electrons. The fraction of sp³-hybridized carbons (Fsp3) is 0.308. The molecule has 0 aliphatic carbocycles. The van der Waals surface area contributed by atoms with Gasteiger partial charge in [-0.25, -0.2) is 0 Å². The Morgan fingerprint density at radius 1 is 1.35 bits per heavy atom. The molecule has 3 N–H and O–H groups in total. The van der Waals surface area contributed by atoms with Gasteiger partial charge < -0.3 is 10.5 Å². The van der Waals surface area contributed by atoms with E-state index in [1.165, 1.54) is 0 Å². The molecule has 0 spiro atoms. The molecule has 2 rings (SSSR count). The molecular weight excluding hydrogens is 214 g/mol. The third-order valence-corrected chi connectivity index (χ3v) is 2.65. The van der Waals surface area contributed by atoms with Crippen LogP contribution in [0.15, 0.2) is 30.3 Å². The van der Waals surface area contributed by atoms with Gasteiger partial charge in [0.15, 0.2) is 0 Å². The summed E-state index contributed by atoms with van der Waals surface area (Å²) in [6, 6.07) is 9.75. The molecular formula is C13H17N3O. The van der Waals surface area contributed by atoms with Crippen LogP contribution in [0, 0.1) is 6.92 Å². The molecule has 0 amide bonds. The average Bonchev–Trinajstić information content (AvgIpc) is 2.75. The number of nitrogens with zero attached hydrogens (tertiary/aromatic N) is 1. The van der Waals surface area contributed by atoms with Crippen molar-refractivity contribution in [1.82, 2.24) is 10.2 Å². The smallest absolute Gasteiger partial charge is 0.238 e. The third kappa shape index (κ3) is 2.85. The molecule has 17 heavy (non-hydrogen) atoms. The van der Waals surface area contributed by atoms with Crippen LogP contribution < -0.4 is 10.5 Å². The average molecular weight is 231 g/mol. The summed E-state index contributed by atoms with van der Waals surface area (Å²) in [5.74, 6) is 1.35. The Morgan fingerprint density at radius 2 is 2.06 bits per heavy atom. The first-order chi connectivity index (χ1) is 8.19. The van der Waals surface area contributed by atoms with Gasteiger partial charge in [-0.2, -0.15) is 0 Å². The van der Waals surface area contributed by atoms with Crippen LogP contribution in [-0.2, 0) is 0 Å². The minimum absolute atomic E-state index is 0.0941. The summed E-state index contributed by atoms with van der Waals surface area (Å²) < 4.78 is 5.58. The van der Waals surface area contributed by atoms with Crippen LogP contribution in [0.4, 0.5) is 0 Å². The van der Waals surface area contributed by atoms with Crippen molar-refractivity contribution in [2.75, 3.05) is 0 Å². The Bertz CT molecular complexity index is 476. The summed E-state index contributed by atoms with van der Waals surface area (Å²) in [5.41, 5.74) is 8.04. The molecule has 0 fully saturated rings. The van der Waals surface area contributed by atoms with Crippen molar-refractivity contribution in [3.8, 4) is 11.6 Å². The molecule has 1 heterocycles. The third-order valence-electron chi connectivity index (χ3n) is 2.65. The van der Waals surface area contributed by atoms with E-state index in [9.17, 15) is 0 Å². The SMILES string of the molecule is CCC(N)c1ccc(Oc2cc(C)[nH]n2)cc1. The van der Waals surface area contributed by atoms with Crippen molar-refractivity contribution < 1.29 is 4.74 Å². The molecule has 1 aromatic heterocycles. The number of aromatic nitrogens is 2. The van der Waals surface area contributed by atoms with Gasteiger partial charge in [0.2, 0.25) is 5.88 Å². The van der Waals surface area contributed by atoms with Crippen molar-refractivity contribution in [3.05, 3.63) is 41.6 Å². The zero-order valence-corrected chi connectivity index (χ0v) is 10.1. The Labute approximate surface area is 101 Å². The summed E-state index contributed by atoms with van der Waals surface area (Å²) in [6.07, 6.45) is 0.929. The quantitative estimate of drug-likeness (QED) is 0.850. The second-order valence-corrected chi connectivity index (χ2v) is 4.08. The molecule has 90 valence electrons. The fourth-order valence-corrected chi connectivity index (χ4v) is 1.58. The Balaban J connectivity index is 2.08. The Kier molecular flexibility index (Phi) is 3.44. The number of aromatic amines is 1. The van der Waals surface area contributed by atoms with Gasteiger partial charge in [0.05, 0.1) is 0 Å². The standard InChI is InChI=1S/C13H17N3O/c1-3-12(14)10-4-6-11(7-5-10)17-13-8-9(2)15-16-13/h4-8,12H,3,14H2,1-2H3,(H,15,16). The maximum absolute atomic E-state index is 5.94. The first kappa shape index (κ1) is 11.7. The number of rotatable bonds is 4. The van der Waals surface area contributed by atoms with Crippen LogP contribution >= 0.6 is 0 Å². The molecule has 4 nitrogen and oxygen atoms in total. The molecule has 0 saturated heterocycles. The Hall–Kier alpha value is -1.81. The van der Waals surface area contributed by atoms with Crippen LogP contribution in [0.5, 0.6) is 11.6 Å². The molecule has 1 aromatic carbocycles. The first-order valence-corrected chi connectivity index (χ1v) is 5.74. The fourth-order valence-electron chi connectivity index (χ4n) is 1.58. The highest BCUT2D eigenvalue weighted by Gasteiger charge is 2.04. The number of H-pyrrole nitrogens is 1. The highest BCUT2D eigenvalue weighted by Crippen LogP contribution is 2.22. The van der Waals surface area contributed by atoms with E-state index in [2.05, 4.69) is 17.1 Å². The highest BCUT2D eigenvalue weighted by atomic mass is 16.5. The van der Waals surface area contributed by atoms with Crippen LogP contribution in [0.2, 0.25) is 0 Å². The van der Waals surface area contributed by atoms with Gasteiger partial charge in [-0.15, -0.1) is 5.10 Å². The van der Waals surface area contributed by atoms with Crippen molar-refractivity contribution in [1.29, 1.82) is 0 Å². The van der Waals surface area contributed by atoms with E-state index in [1.807, 2.05) is 37.3 Å². The van der Waals surface area contributed by atoms with Gasteiger partial charge >= 0.3 is 0 Å². The second-order valence-electron chi connectivity index (χ2n) is 4.08. The predicted molar refractivity (Wildman–Crippen MR) is 67.1 cm³/mol. The van der Waals surface area contributed by atoms with Crippen molar-refractivity contribution in [2.24, 2.45) is 5.73 Å². The van der Waals surface area contributed by atoms with Crippen LogP contribution in [0.3, 0.4) is 0 Å². The van der Waals surface area contributed by atoms with Crippen molar-refractivity contribution in [3.63, 3.8) is 0 Å². The number of hydrogen-bond donors (Lipinski definition) is 2. The monoisotopic (exact) mass is 231 g/mol. The van der Waals surface area contributed by atoms with Gasteiger partial charge in [0, 0.05) is 17.8 Å². The predicted octanol–water partition coefficient (Wildman–Crippen LogP) is 2.92. The van der Waals surface area contributed by atoms with Crippen LogP contribution in [0.1, 0.15) is 30.6 Å². The van der Waals surface area contributed by atoms with Crippen molar-refractivity contribution >= 4 is 0 Å². The topological polar surface area (TPSA) is 63.9 Å². The van der Waals surface area contributed by atoms with Gasteiger partial charge in [-0.05, 0) is 31.0 Å². The van der Waals surface area contributed by atoms with Gasteiger partial charge in [-0.3, -0.25) is 5.10 Å². The van der Waals surface area contributed by atoms with E-state index in [0.717, 1.165) is 23.4 Å². The second kappa shape index (κ2) is 5.01. The number of hydrogen-bond acceptors (Lipinski definition) is 3. The lowest BCUT2D eigenvalue weighted by Gasteiger charge is -2.09. The van der Waals surface area contributed by atoms with E-state index >= 15 is 0 Å². The zero-order valence-electron chi connectivity index (χ0n) is 10.1. The lowest BCUT2D eigenvalue weighted by Crippen LogP contribution is -2.07. The first-order valence-electron chi connectivity index (χ1n) is 5.74. The normalized spacial score (nSPS) is 12.4. The lowest BCUT2D eigenvalue weighted by atomic mass is 10.1. The van der Waals surface area contributed by atoms with Crippen LogP contribution in [0.25, 0.3) is 0 Å². The molecule has 1 unspecified atom stereocenters. The van der Waals surface area contributed by atoms with E-state index in [4.69, 9.17) is 10.5 Å². The number of benzene rings is 1. The minimum Gasteiger partial charge on any atom is -0.438 e. The van der Waals surface area contributed by atoms with Crippen LogP contribution in [-0.4, -0.2) is 10.2 Å². The van der Waals surface area contributed by atoms with Gasteiger partial charge in [0.25, 0.3) is 0 Å². The summed E-state index contributed by atoms with van der Waals surface area (Å²) in [6.45, 7) is 4.00. The molecule has 1 atom stereocenters. The number of aryl methyl sites for hydroxylation is 1. The van der Waals surface area contributed by atoms with Gasteiger partial charge in [-0.1, -0.05) is 19.1 Å². The van der Waals surface area contributed by atoms with Crippen molar-refractivity contribution in [2.45, 2.75) is 26.3 Å². The molecule has 0 aliphatic rings. The maximum atomic E-state index is 5.94. The number of ether oxygens (including phenoxy) is 1. The molecule has 0 saturated carbocycles. The summed E-state index contributed by atoms with van der Waals surface area (Å²) in [7, 11) is 0. The largest absolute Gasteiger partial charge is 0.438 e. The van der Waals surface area contributed by atoms with Gasteiger partial charge in [0.1, 0.15) is 5.75 Å². The summed E-state index contributed by atoms with van der Waals surface area (Å²) >= 11 is 0. The highest BCUT2D eigenvalue weighted by molar-refractivity contribution is 5.31. The molecule has 4 heteroatoms. The maximum Gasteiger partial charge on any atom is 0.238 e. The zero-order chi connectivity index (χ0) is 12.3. The Morgan fingerprint density at radius 3 is 2.59 bits per heavy atom. The minimum atomic E-state index is 0.0941. The van der Waals surface area contributed by atoms with E-state index in [1.54, 1.807) is 0 Å². The molecule has 0 aliphatic heterocycles. The molecule has 2 aromatic rings. The number of nitrogens with two attached hydrogens (primary N) is 1. The van der Waals surface area contributed by atoms with E-state index < -0.39 is 0 Å². The lowest BCUT2D eigenvalue weighted by molar-refractivity contribution is 0.461. The van der Waals surface area contributed by atoms with E-state index in [-0.39, 0.29) is 6.04 Å². The summed E-state index contributed by atoms with van der Waals surface area (Å²) in [5, 5.41) is 6.85. The molecule has 0 bridgehead atoms.